The van der Waals surface area contributed by atoms with Gasteiger partial charge >= 0.3 is 0 Å². The van der Waals surface area contributed by atoms with E-state index in [-0.39, 0.29) is 5.75 Å². The summed E-state index contributed by atoms with van der Waals surface area (Å²) < 4.78 is 36.8. The first kappa shape index (κ1) is 15.1. The first-order valence-electron chi connectivity index (χ1n) is 7.23. The van der Waals surface area contributed by atoms with Crippen molar-refractivity contribution in [3.05, 3.63) is 47.9 Å². The Morgan fingerprint density at radius 2 is 2.09 bits per heavy atom. The fraction of sp³-hybridized carbons (Fsp3) is 0.400. The molecule has 0 amide bonds. The molecule has 0 unspecified atom stereocenters. The lowest BCUT2D eigenvalue weighted by Crippen LogP contribution is -2.37. The van der Waals surface area contributed by atoms with Crippen molar-refractivity contribution >= 4 is 10.0 Å². The molecular weight excluding hydrogens is 304 g/mol. The second-order valence-corrected chi connectivity index (χ2v) is 7.28. The molecule has 0 spiro atoms. The van der Waals surface area contributed by atoms with Gasteiger partial charge in [-0.1, -0.05) is 23.4 Å². The van der Waals surface area contributed by atoms with Crippen molar-refractivity contribution in [3.8, 4) is 5.75 Å². The van der Waals surface area contributed by atoms with Gasteiger partial charge in [0.05, 0.1) is 18.6 Å². The van der Waals surface area contributed by atoms with Crippen LogP contribution in [0.15, 0.2) is 41.1 Å². The summed E-state index contributed by atoms with van der Waals surface area (Å²) in [5.41, 5.74) is 0.857. The predicted molar refractivity (Wildman–Crippen MR) is 81.0 cm³/mol. The summed E-state index contributed by atoms with van der Waals surface area (Å²) in [5, 5.41) is 3.71. The van der Waals surface area contributed by atoms with Gasteiger partial charge < -0.3 is 9.26 Å². The minimum absolute atomic E-state index is 0.0838. The van der Waals surface area contributed by atoms with Gasteiger partial charge in [-0.25, -0.2) is 8.42 Å². The molecule has 7 heteroatoms. The second kappa shape index (κ2) is 6.50. The van der Waals surface area contributed by atoms with Crippen molar-refractivity contribution in [2.24, 2.45) is 0 Å². The Kier molecular flexibility index (Phi) is 4.44. The fourth-order valence-electron chi connectivity index (χ4n) is 2.43. The number of hydrogen-bond acceptors (Lipinski definition) is 5. The van der Waals surface area contributed by atoms with Crippen LogP contribution in [0.1, 0.15) is 17.7 Å². The van der Waals surface area contributed by atoms with Crippen molar-refractivity contribution in [3.63, 3.8) is 0 Å². The van der Waals surface area contributed by atoms with Crippen LogP contribution < -0.4 is 4.74 Å². The van der Waals surface area contributed by atoms with Crippen molar-refractivity contribution in [2.75, 3.05) is 18.9 Å². The summed E-state index contributed by atoms with van der Waals surface area (Å²) in [6.07, 6.45) is 2.63. The van der Waals surface area contributed by atoms with Crippen LogP contribution in [-0.4, -0.2) is 36.8 Å². The topological polar surface area (TPSA) is 72.6 Å². The van der Waals surface area contributed by atoms with Crippen molar-refractivity contribution < 1.29 is 17.7 Å². The number of aromatic nitrogens is 1. The molecule has 0 atom stereocenters. The minimum atomic E-state index is -3.27. The standard InChI is InChI=1S/C15H18N2O4S/c18-22(19,10-4-9-20-14-5-2-1-3-6-14)17-8-7-15-13(12-17)11-16-21-15/h1-3,5-6,11H,4,7-10,12H2. The molecule has 0 aliphatic carbocycles. The zero-order valence-electron chi connectivity index (χ0n) is 12.1. The largest absolute Gasteiger partial charge is 0.494 e. The molecule has 0 saturated heterocycles. The van der Waals surface area contributed by atoms with E-state index in [0.29, 0.717) is 32.5 Å². The van der Waals surface area contributed by atoms with Crippen molar-refractivity contribution in [1.82, 2.24) is 9.46 Å². The maximum absolute atomic E-state index is 12.3. The number of rotatable bonds is 6. The maximum atomic E-state index is 12.3. The summed E-state index contributed by atoms with van der Waals surface area (Å²) in [6, 6.07) is 9.39. The number of nitrogens with zero attached hydrogens (tertiary/aromatic N) is 2. The van der Waals surface area contributed by atoms with E-state index in [2.05, 4.69) is 5.16 Å². The molecule has 22 heavy (non-hydrogen) atoms. The predicted octanol–water partition coefficient (Wildman–Crippen LogP) is 1.83. The summed E-state index contributed by atoms with van der Waals surface area (Å²) in [7, 11) is -3.27. The highest BCUT2D eigenvalue weighted by molar-refractivity contribution is 7.89. The Labute approximate surface area is 129 Å². The monoisotopic (exact) mass is 322 g/mol. The van der Waals surface area contributed by atoms with E-state index in [1.54, 1.807) is 6.20 Å². The smallest absolute Gasteiger partial charge is 0.214 e. The number of para-hydroxylation sites is 1. The van der Waals surface area contributed by atoms with E-state index in [1.165, 1.54) is 4.31 Å². The van der Waals surface area contributed by atoms with Gasteiger partial charge in [0.2, 0.25) is 10.0 Å². The molecule has 1 aliphatic rings. The molecule has 118 valence electrons. The van der Waals surface area contributed by atoms with Gasteiger partial charge in [-0.2, -0.15) is 4.31 Å². The Bertz CT molecular complexity index is 712. The van der Waals surface area contributed by atoms with E-state index in [1.807, 2.05) is 30.3 Å². The van der Waals surface area contributed by atoms with Crippen LogP contribution in [0.5, 0.6) is 5.75 Å². The normalized spacial score (nSPS) is 15.5. The molecule has 0 bridgehead atoms. The van der Waals surface area contributed by atoms with Crippen LogP contribution in [0, 0.1) is 0 Å². The van der Waals surface area contributed by atoms with E-state index in [9.17, 15) is 8.42 Å². The third kappa shape index (κ3) is 3.48. The van der Waals surface area contributed by atoms with Crippen LogP contribution in [-0.2, 0) is 23.0 Å². The zero-order valence-corrected chi connectivity index (χ0v) is 13.0. The highest BCUT2D eigenvalue weighted by atomic mass is 32.2. The maximum Gasteiger partial charge on any atom is 0.214 e. The Morgan fingerprint density at radius 3 is 2.91 bits per heavy atom. The van der Waals surface area contributed by atoms with Gasteiger partial charge in [0.25, 0.3) is 0 Å². The van der Waals surface area contributed by atoms with Crippen LogP contribution in [0.2, 0.25) is 0 Å². The fourth-order valence-corrected chi connectivity index (χ4v) is 3.88. The third-order valence-electron chi connectivity index (χ3n) is 3.62. The number of benzene rings is 1. The molecule has 1 aromatic heterocycles. The van der Waals surface area contributed by atoms with Gasteiger partial charge in [-0.3, -0.25) is 0 Å². The summed E-state index contributed by atoms with van der Waals surface area (Å²) >= 11 is 0. The van der Waals surface area contributed by atoms with Gasteiger partial charge in [-0.15, -0.1) is 0 Å². The Morgan fingerprint density at radius 1 is 1.27 bits per heavy atom. The first-order chi connectivity index (χ1) is 10.6. The molecule has 2 heterocycles. The number of hydrogen-bond donors (Lipinski definition) is 0. The second-order valence-electron chi connectivity index (χ2n) is 5.19. The van der Waals surface area contributed by atoms with Gasteiger partial charge in [-0.05, 0) is 18.6 Å². The van der Waals surface area contributed by atoms with Gasteiger partial charge in [0.1, 0.15) is 11.5 Å². The number of sulfonamides is 1. The van der Waals surface area contributed by atoms with Gasteiger partial charge in [0, 0.05) is 25.1 Å². The summed E-state index contributed by atoms with van der Waals surface area (Å²) in [5.74, 6) is 1.63. The average molecular weight is 322 g/mol. The lowest BCUT2D eigenvalue weighted by Gasteiger charge is -2.24. The molecule has 1 aromatic carbocycles. The van der Waals surface area contributed by atoms with E-state index < -0.39 is 10.0 Å². The molecule has 2 aromatic rings. The first-order valence-corrected chi connectivity index (χ1v) is 8.84. The highest BCUT2D eigenvalue weighted by Gasteiger charge is 2.28. The molecule has 1 aliphatic heterocycles. The molecular formula is C15H18N2O4S. The third-order valence-corrected chi connectivity index (χ3v) is 5.52. The minimum Gasteiger partial charge on any atom is -0.494 e. The van der Waals surface area contributed by atoms with Crippen LogP contribution >= 0.6 is 0 Å². The lowest BCUT2D eigenvalue weighted by molar-refractivity contribution is 0.312. The molecule has 3 rings (SSSR count). The zero-order chi connectivity index (χ0) is 15.4. The van der Waals surface area contributed by atoms with Crippen molar-refractivity contribution in [1.29, 1.82) is 0 Å². The quantitative estimate of drug-likeness (QED) is 0.759. The van der Waals surface area contributed by atoms with E-state index >= 15 is 0 Å². The highest BCUT2D eigenvalue weighted by Crippen LogP contribution is 2.21. The molecule has 0 saturated carbocycles. The molecule has 6 nitrogen and oxygen atoms in total. The van der Waals surface area contributed by atoms with Gasteiger partial charge in [0.15, 0.2) is 0 Å². The summed E-state index contributed by atoms with van der Waals surface area (Å²) in [6.45, 7) is 1.18. The molecule has 0 radical (unpaired) electrons. The lowest BCUT2D eigenvalue weighted by atomic mass is 10.1. The van der Waals surface area contributed by atoms with Crippen LogP contribution in [0.3, 0.4) is 0 Å². The Balaban J connectivity index is 1.49. The molecule has 0 N–H and O–H groups in total. The average Bonchev–Trinajstić information content (AvgIpc) is 3.00. The van der Waals surface area contributed by atoms with Crippen LogP contribution in [0.4, 0.5) is 0 Å². The number of ether oxygens (including phenoxy) is 1. The summed E-state index contributed by atoms with van der Waals surface area (Å²) in [4.78, 5) is 0. The van der Waals surface area contributed by atoms with Crippen molar-refractivity contribution in [2.45, 2.75) is 19.4 Å². The van der Waals surface area contributed by atoms with E-state index in [0.717, 1.165) is 17.1 Å². The van der Waals surface area contributed by atoms with Crippen LogP contribution in [0.25, 0.3) is 0 Å². The SMILES string of the molecule is O=S(=O)(CCCOc1ccccc1)N1CCc2oncc2C1. The molecule has 0 fully saturated rings. The Hall–Kier alpha value is -1.86. The number of fused-ring (bicyclic) bond motifs is 1. The van der Waals surface area contributed by atoms with E-state index in [4.69, 9.17) is 9.26 Å².